The van der Waals surface area contributed by atoms with Gasteiger partial charge in [0, 0.05) is 31.5 Å². The third-order valence-corrected chi connectivity index (χ3v) is 7.93. The maximum atomic E-state index is 13.4. The fourth-order valence-electron chi connectivity index (χ4n) is 5.29. The van der Waals surface area contributed by atoms with E-state index >= 15 is 0 Å². The zero-order chi connectivity index (χ0) is 32.3. The molecule has 8 nitrogen and oxygen atoms in total. The number of benzene rings is 4. The van der Waals surface area contributed by atoms with Crippen molar-refractivity contribution in [3.8, 4) is 0 Å². The molecule has 0 spiro atoms. The lowest BCUT2D eigenvalue weighted by Crippen LogP contribution is -2.31. The normalized spacial score (nSPS) is 11.8. The van der Waals surface area contributed by atoms with Crippen molar-refractivity contribution < 1.29 is 23.9 Å². The van der Waals surface area contributed by atoms with Gasteiger partial charge in [0.15, 0.2) is 0 Å². The molecule has 3 amide bonds. The van der Waals surface area contributed by atoms with E-state index in [1.54, 1.807) is 36.4 Å². The van der Waals surface area contributed by atoms with E-state index in [0.29, 0.717) is 56.4 Å². The number of esters is 1. The van der Waals surface area contributed by atoms with Crippen LogP contribution in [0.4, 0.5) is 5.69 Å². The van der Waals surface area contributed by atoms with Crippen LogP contribution in [0.5, 0.6) is 0 Å². The summed E-state index contributed by atoms with van der Waals surface area (Å²) in [4.78, 5) is 51.9. The summed E-state index contributed by atoms with van der Waals surface area (Å²) in [5, 5.41) is 5.79. The van der Waals surface area contributed by atoms with Crippen LogP contribution in [0.2, 0.25) is 0 Å². The van der Waals surface area contributed by atoms with Crippen molar-refractivity contribution in [2.24, 2.45) is 0 Å². The standard InChI is InChI=1S/C38H37N3O5/c1-46-38(45)32-20-16-28(17-21-32)25-40-37(44)31-18-14-27(15-19-31)24-39-35(42)12-6-7-13-36(43)41-26-33-10-3-2-8-29(33)22-23-30-9-4-5-11-34(30)41/h2-5,8-11,14-23H,6-7,12-13,24-26H2,1H3,(H,39,42)(H,40,44). The zero-order valence-electron chi connectivity index (χ0n) is 25.8. The molecule has 234 valence electrons. The molecule has 8 heteroatoms. The number of amides is 3. The molecule has 0 bridgehead atoms. The van der Waals surface area contributed by atoms with Crippen LogP contribution in [0.3, 0.4) is 0 Å². The highest BCUT2D eigenvalue weighted by molar-refractivity contribution is 5.97. The summed E-state index contributed by atoms with van der Waals surface area (Å²) in [6.07, 6.45) is 6.05. The Kier molecular flexibility index (Phi) is 10.7. The Hall–Kier alpha value is -5.50. The van der Waals surface area contributed by atoms with Gasteiger partial charge in [-0.2, -0.15) is 0 Å². The molecule has 1 aliphatic heterocycles. The quantitative estimate of drug-likeness (QED) is 0.152. The SMILES string of the molecule is COC(=O)c1ccc(CNC(=O)c2ccc(CNC(=O)CCCCC(=O)N3Cc4ccccc4C=Cc4ccccc43)cc2)cc1. The largest absolute Gasteiger partial charge is 0.465 e. The lowest BCUT2D eigenvalue weighted by atomic mass is 10.0. The Morgan fingerprint density at radius 1 is 0.674 bits per heavy atom. The number of ether oxygens (including phenoxy) is 1. The molecule has 46 heavy (non-hydrogen) atoms. The predicted molar refractivity (Wildman–Crippen MR) is 179 cm³/mol. The summed E-state index contributed by atoms with van der Waals surface area (Å²) >= 11 is 0. The molecule has 0 fully saturated rings. The summed E-state index contributed by atoms with van der Waals surface area (Å²) in [6, 6.07) is 29.9. The van der Waals surface area contributed by atoms with E-state index in [2.05, 4.69) is 34.9 Å². The fourth-order valence-corrected chi connectivity index (χ4v) is 5.29. The van der Waals surface area contributed by atoms with Crippen molar-refractivity contribution in [2.75, 3.05) is 12.0 Å². The molecule has 0 saturated heterocycles. The van der Waals surface area contributed by atoms with Gasteiger partial charge in [0.25, 0.3) is 5.91 Å². The summed E-state index contributed by atoms with van der Waals surface area (Å²) < 4.78 is 4.70. The second kappa shape index (κ2) is 15.5. The average Bonchev–Trinajstić information content (AvgIpc) is 3.09. The fraction of sp³-hybridized carbons (Fsp3) is 0.211. The topological polar surface area (TPSA) is 105 Å². The van der Waals surface area contributed by atoms with Crippen LogP contribution in [0.15, 0.2) is 97.1 Å². The third-order valence-electron chi connectivity index (χ3n) is 7.93. The zero-order valence-corrected chi connectivity index (χ0v) is 25.8. The number of rotatable bonds is 11. The highest BCUT2D eigenvalue weighted by Crippen LogP contribution is 2.29. The minimum absolute atomic E-state index is 0.0403. The Bertz CT molecular complexity index is 1730. The number of unbranched alkanes of at least 4 members (excludes halogenated alkanes) is 1. The number of nitrogens with zero attached hydrogens (tertiary/aromatic N) is 1. The molecule has 0 atom stereocenters. The summed E-state index contributed by atoms with van der Waals surface area (Å²) in [7, 11) is 1.33. The molecule has 5 rings (SSSR count). The second-order valence-corrected chi connectivity index (χ2v) is 11.1. The summed E-state index contributed by atoms with van der Waals surface area (Å²) in [5.41, 5.74) is 6.79. The van der Waals surface area contributed by atoms with Gasteiger partial charge in [-0.05, 0) is 71.0 Å². The number of nitrogens with one attached hydrogen (secondary N) is 2. The molecular weight excluding hydrogens is 578 g/mol. The molecule has 1 heterocycles. The Morgan fingerprint density at radius 3 is 1.98 bits per heavy atom. The number of carbonyl (C=O) groups is 4. The molecule has 2 N–H and O–H groups in total. The van der Waals surface area contributed by atoms with Gasteiger partial charge in [-0.3, -0.25) is 14.4 Å². The van der Waals surface area contributed by atoms with Gasteiger partial charge in [0.05, 0.1) is 24.9 Å². The second-order valence-electron chi connectivity index (χ2n) is 11.1. The van der Waals surface area contributed by atoms with E-state index in [4.69, 9.17) is 4.74 Å². The lowest BCUT2D eigenvalue weighted by molar-refractivity contribution is -0.122. The van der Waals surface area contributed by atoms with Crippen molar-refractivity contribution in [2.45, 2.75) is 45.3 Å². The van der Waals surface area contributed by atoms with Crippen molar-refractivity contribution in [3.05, 3.63) is 136 Å². The molecule has 0 aromatic heterocycles. The van der Waals surface area contributed by atoms with Gasteiger partial charge in [0.1, 0.15) is 0 Å². The van der Waals surface area contributed by atoms with Crippen LogP contribution < -0.4 is 15.5 Å². The van der Waals surface area contributed by atoms with Gasteiger partial charge in [0.2, 0.25) is 11.8 Å². The number of fused-ring (bicyclic) bond motifs is 2. The first kappa shape index (κ1) is 31.9. The summed E-state index contributed by atoms with van der Waals surface area (Å²) in [5.74, 6) is -0.669. The average molecular weight is 616 g/mol. The molecule has 4 aromatic carbocycles. The first-order chi connectivity index (χ1) is 22.4. The molecule has 1 aliphatic rings. The van der Waals surface area contributed by atoms with Crippen LogP contribution in [0.1, 0.15) is 74.2 Å². The van der Waals surface area contributed by atoms with Crippen molar-refractivity contribution >= 4 is 41.5 Å². The number of carbonyl (C=O) groups excluding carboxylic acids is 4. The van der Waals surface area contributed by atoms with E-state index in [1.807, 2.05) is 53.4 Å². The molecule has 0 saturated carbocycles. The molecule has 0 radical (unpaired) electrons. The van der Waals surface area contributed by atoms with E-state index < -0.39 is 5.97 Å². The van der Waals surface area contributed by atoms with Gasteiger partial charge >= 0.3 is 5.97 Å². The monoisotopic (exact) mass is 615 g/mol. The first-order valence-corrected chi connectivity index (χ1v) is 15.4. The van der Waals surface area contributed by atoms with Gasteiger partial charge < -0.3 is 20.3 Å². The minimum Gasteiger partial charge on any atom is -0.465 e. The van der Waals surface area contributed by atoms with Gasteiger partial charge in [-0.1, -0.05) is 78.9 Å². The minimum atomic E-state index is -0.408. The maximum Gasteiger partial charge on any atom is 0.337 e. The van der Waals surface area contributed by atoms with Crippen LogP contribution in [0.25, 0.3) is 12.2 Å². The van der Waals surface area contributed by atoms with Gasteiger partial charge in [-0.15, -0.1) is 0 Å². The highest BCUT2D eigenvalue weighted by atomic mass is 16.5. The smallest absolute Gasteiger partial charge is 0.337 e. The van der Waals surface area contributed by atoms with Crippen LogP contribution in [0, 0.1) is 0 Å². The Balaban J connectivity index is 1.04. The number of anilines is 1. The number of hydrogen-bond acceptors (Lipinski definition) is 5. The molecule has 4 aromatic rings. The van der Waals surface area contributed by atoms with Crippen molar-refractivity contribution in [1.29, 1.82) is 0 Å². The molecule has 0 aliphatic carbocycles. The van der Waals surface area contributed by atoms with Crippen molar-refractivity contribution in [1.82, 2.24) is 10.6 Å². The van der Waals surface area contributed by atoms with E-state index in [1.165, 1.54) is 7.11 Å². The van der Waals surface area contributed by atoms with E-state index in [0.717, 1.165) is 33.5 Å². The van der Waals surface area contributed by atoms with Crippen LogP contribution in [-0.4, -0.2) is 30.8 Å². The maximum absolute atomic E-state index is 13.4. The molecule has 0 unspecified atom stereocenters. The van der Waals surface area contributed by atoms with Crippen molar-refractivity contribution in [3.63, 3.8) is 0 Å². The van der Waals surface area contributed by atoms with Crippen LogP contribution in [-0.2, 0) is 34.0 Å². The van der Waals surface area contributed by atoms with E-state index in [-0.39, 0.29) is 17.7 Å². The lowest BCUT2D eigenvalue weighted by Gasteiger charge is -2.27. The number of hydrogen-bond donors (Lipinski definition) is 2. The van der Waals surface area contributed by atoms with Gasteiger partial charge in [-0.25, -0.2) is 4.79 Å². The Morgan fingerprint density at radius 2 is 1.26 bits per heavy atom. The highest BCUT2D eigenvalue weighted by Gasteiger charge is 2.20. The van der Waals surface area contributed by atoms with E-state index in [9.17, 15) is 19.2 Å². The first-order valence-electron chi connectivity index (χ1n) is 15.4. The predicted octanol–water partition coefficient (Wildman–Crippen LogP) is 6.30. The molecular formula is C38H37N3O5. The Labute approximate surface area is 269 Å². The number of methoxy groups -OCH3 is 1. The number of para-hydroxylation sites is 1. The summed E-state index contributed by atoms with van der Waals surface area (Å²) in [6.45, 7) is 1.17. The van der Waals surface area contributed by atoms with Crippen LogP contribution >= 0.6 is 0 Å². The third kappa shape index (κ3) is 8.35.